The molecule has 1 unspecified atom stereocenters. The van der Waals surface area contributed by atoms with Crippen molar-refractivity contribution in [1.82, 2.24) is 9.62 Å². The Bertz CT molecular complexity index is 1040. The minimum absolute atomic E-state index is 0.0567. The monoisotopic (exact) mass is 460 g/mol. The normalized spacial score (nSPS) is 12.8. The average molecular weight is 461 g/mol. The molecule has 0 aliphatic carbocycles. The first-order valence-corrected chi connectivity index (χ1v) is 11.9. The van der Waals surface area contributed by atoms with E-state index in [0.29, 0.717) is 11.1 Å². The van der Waals surface area contributed by atoms with E-state index < -0.39 is 33.6 Å². The molecular weight excluding hydrogens is 431 g/mol. The van der Waals surface area contributed by atoms with Crippen LogP contribution in [0.5, 0.6) is 0 Å². The third kappa shape index (κ3) is 7.30. The van der Waals surface area contributed by atoms with Crippen molar-refractivity contribution < 1.29 is 22.4 Å². The Morgan fingerprint density at radius 2 is 1.53 bits per heavy atom. The Kier molecular flexibility index (Phi) is 8.72. The number of hydrogen-bond donors (Lipinski definition) is 1. The van der Waals surface area contributed by atoms with Crippen LogP contribution in [0, 0.1) is 11.7 Å². The number of sulfonamides is 1. The summed E-state index contributed by atoms with van der Waals surface area (Å²) in [4.78, 5) is 27.8. The summed E-state index contributed by atoms with van der Waals surface area (Å²) in [6.45, 7) is 7.29. The summed E-state index contributed by atoms with van der Waals surface area (Å²) in [5.41, 5.74) is 1.19. The minimum Gasteiger partial charge on any atom is -0.337 e. The zero-order valence-corrected chi connectivity index (χ0v) is 19.5. The van der Waals surface area contributed by atoms with Crippen molar-refractivity contribution in [3.63, 3.8) is 0 Å². The van der Waals surface area contributed by atoms with Gasteiger partial charge in [-0.15, -0.1) is 0 Å². The molecule has 2 aromatic rings. The molecule has 0 saturated heterocycles. The molecule has 0 heterocycles. The number of nitrogens with one attached hydrogen (secondary N) is 1. The van der Waals surface area contributed by atoms with E-state index >= 15 is 0 Å². The zero-order chi connectivity index (χ0) is 23.9. The number of nitrogens with zero attached hydrogens (tertiary/aromatic N) is 1. The predicted octanol–water partition coefficient (Wildman–Crippen LogP) is 3.75. The summed E-state index contributed by atoms with van der Waals surface area (Å²) < 4.78 is 40.2. The van der Waals surface area contributed by atoms with E-state index in [9.17, 15) is 22.4 Å². The van der Waals surface area contributed by atoms with Gasteiger partial charge in [-0.3, -0.25) is 9.59 Å². The quantitative estimate of drug-likeness (QED) is 0.578. The second-order valence-electron chi connectivity index (χ2n) is 8.04. The first-order valence-electron chi connectivity index (χ1n) is 10.4. The zero-order valence-electron chi connectivity index (χ0n) is 18.7. The van der Waals surface area contributed by atoms with Gasteiger partial charge in [0.05, 0.1) is 5.41 Å². The van der Waals surface area contributed by atoms with Gasteiger partial charge in [-0.2, -0.15) is 0 Å². The summed E-state index contributed by atoms with van der Waals surface area (Å²) in [5.74, 6) is -3.15. The van der Waals surface area contributed by atoms with E-state index in [0.717, 1.165) is 5.41 Å². The molecule has 0 aliphatic rings. The summed E-state index contributed by atoms with van der Waals surface area (Å²) in [5, 5.41) is 0.891. The SMILES string of the molecule is CC(C)N(C(=O)C(Cc1ccc(F)cc1)C(=O)NS(=O)(=O)/C=C/c1ccccc1)C(C)C. The van der Waals surface area contributed by atoms with Gasteiger partial charge in [-0.05, 0) is 63.5 Å². The van der Waals surface area contributed by atoms with Crippen LogP contribution in [-0.2, 0) is 26.0 Å². The van der Waals surface area contributed by atoms with Crippen LogP contribution in [0.2, 0.25) is 0 Å². The van der Waals surface area contributed by atoms with E-state index in [1.165, 1.54) is 30.3 Å². The molecule has 172 valence electrons. The van der Waals surface area contributed by atoms with Crippen molar-refractivity contribution in [2.45, 2.75) is 46.2 Å². The molecule has 1 atom stereocenters. The highest BCUT2D eigenvalue weighted by Gasteiger charge is 2.34. The lowest BCUT2D eigenvalue weighted by Crippen LogP contribution is -2.50. The van der Waals surface area contributed by atoms with Gasteiger partial charge in [0.15, 0.2) is 0 Å². The number of amides is 2. The Labute approximate surface area is 189 Å². The predicted molar refractivity (Wildman–Crippen MR) is 123 cm³/mol. The van der Waals surface area contributed by atoms with Gasteiger partial charge >= 0.3 is 0 Å². The maximum absolute atomic E-state index is 13.3. The van der Waals surface area contributed by atoms with E-state index in [1.54, 1.807) is 35.2 Å². The second-order valence-corrected chi connectivity index (χ2v) is 9.61. The van der Waals surface area contributed by atoms with Gasteiger partial charge in [-0.25, -0.2) is 17.5 Å². The van der Waals surface area contributed by atoms with Crippen LogP contribution in [-0.4, -0.2) is 37.2 Å². The first kappa shape index (κ1) is 25.3. The van der Waals surface area contributed by atoms with E-state index in [1.807, 2.05) is 32.4 Å². The number of benzene rings is 2. The molecule has 0 saturated carbocycles. The second kappa shape index (κ2) is 11.0. The lowest BCUT2D eigenvalue weighted by atomic mass is 9.96. The Morgan fingerprint density at radius 3 is 2.06 bits per heavy atom. The number of carbonyl (C=O) groups is 2. The van der Waals surface area contributed by atoms with Crippen LogP contribution >= 0.6 is 0 Å². The molecule has 0 radical (unpaired) electrons. The van der Waals surface area contributed by atoms with Crippen LogP contribution < -0.4 is 4.72 Å². The topological polar surface area (TPSA) is 83.6 Å². The van der Waals surface area contributed by atoms with E-state index in [-0.39, 0.29) is 18.5 Å². The number of rotatable bonds is 9. The molecule has 0 fully saturated rings. The average Bonchev–Trinajstić information content (AvgIpc) is 2.71. The van der Waals surface area contributed by atoms with Crippen molar-refractivity contribution in [2.24, 2.45) is 5.92 Å². The van der Waals surface area contributed by atoms with Crippen molar-refractivity contribution in [2.75, 3.05) is 0 Å². The Hall–Kier alpha value is -3.00. The van der Waals surface area contributed by atoms with Crippen molar-refractivity contribution in [3.05, 3.63) is 76.9 Å². The molecule has 2 rings (SSSR count). The number of hydrogen-bond acceptors (Lipinski definition) is 4. The molecule has 1 N–H and O–H groups in total. The van der Waals surface area contributed by atoms with E-state index in [2.05, 4.69) is 0 Å². The van der Waals surface area contributed by atoms with Crippen molar-refractivity contribution in [3.8, 4) is 0 Å². The van der Waals surface area contributed by atoms with E-state index in [4.69, 9.17) is 0 Å². The Balaban J connectivity index is 2.30. The lowest BCUT2D eigenvalue weighted by Gasteiger charge is -2.33. The fourth-order valence-electron chi connectivity index (χ4n) is 3.41. The minimum atomic E-state index is -4.13. The van der Waals surface area contributed by atoms with Crippen molar-refractivity contribution >= 4 is 27.9 Å². The van der Waals surface area contributed by atoms with Gasteiger partial charge in [0.25, 0.3) is 10.0 Å². The first-order chi connectivity index (χ1) is 15.0. The summed E-state index contributed by atoms with van der Waals surface area (Å²) in [6.07, 6.45) is 1.31. The lowest BCUT2D eigenvalue weighted by molar-refractivity contribution is -0.144. The summed E-state index contributed by atoms with van der Waals surface area (Å²) >= 11 is 0. The Morgan fingerprint density at radius 1 is 0.969 bits per heavy atom. The summed E-state index contributed by atoms with van der Waals surface area (Å²) in [6, 6.07) is 13.8. The molecule has 0 aromatic heterocycles. The van der Waals surface area contributed by atoms with Crippen LogP contribution in [0.1, 0.15) is 38.8 Å². The smallest absolute Gasteiger partial charge is 0.257 e. The fourth-order valence-corrected chi connectivity index (χ4v) is 4.24. The summed E-state index contributed by atoms with van der Waals surface area (Å²) in [7, 11) is -4.13. The van der Waals surface area contributed by atoms with Gasteiger partial charge in [0.2, 0.25) is 11.8 Å². The van der Waals surface area contributed by atoms with Crippen molar-refractivity contribution in [1.29, 1.82) is 0 Å². The highest BCUT2D eigenvalue weighted by molar-refractivity contribution is 7.93. The third-order valence-electron chi connectivity index (χ3n) is 4.82. The molecule has 32 heavy (non-hydrogen) atoms. The highest BCUT2D eigenvalue weighted by atomic mass is 32.2. The van der Waals surface area contributed by atoms with Gasteiger partial charge in [-0.1, -0.05) is 42.5 Å². The number of carbonyl (C=O) groups excluding carboxylic acids is 2. The molecule has 2 amide bonds. The molecule has 2 aromatic carbocycles. The third-order valence-corrected chi connectivity index (χ3v) is 5.80. The maximum Gasteiger partial charge on any atom is 0.257 e. The molecule has 8 heteroatoms. The standard InChI is InChI=1S/C24H29FN2O4S/c1-17(2)27(18(3)4)24(29)22(16-20-10-12-21(25)13-11-20)23(28)26-32(30,31)15-14-19-8-6-5-7-9-19/h5-15,17-18,22H,16H2,1-4H3,(H,26,28)/b15-14+. The highest BCUT2D eigenvalue weighted by Crippen LogP contribution is 2.18. The molecule has 0 aliphatic heterocycles. The molecule has 6 nitrogen and oxygen atoms in total. The van der Waals surface area contributed by atoms with Gasteiger partial charge < -0.3 is 4.90 Å². The molecule has 0 bridgehead atoms. The van der Waals surface area contributed by atoms with Gasteiger partial charge in [0.1, 0.15) is 11.7 Å². The molecule has 0 spiro atoms. The van der Waals surface area contributed by atoms with Crippen LogP contribution in [0.15, 0.2) is 60.0 Å². The van der Waals surface area contributed by atoms with Crippen LogP contribution in [0.25, 0.3) is 6.08 Å². The largest absolute Gasteiger partial charge is 0.337 e. The van der Waals surface area contributed by atoms with Gasteiger partial charge in [0, 0.05) is 12.1 Å². The fraction of sp³-hybridized carbons (Fsp3) is 0.333. The number of halogens is 1. The molecular formula is C24H29FN2O4S. The maximum atomic E-state index is 13.3. The van der Waals surface area contributed by atoms with Crippen LogP contribution in [0.4, 0.5) is 4.39 Å². The van der Waals surface area contributed by atoms with Crippen LogP contribution in [0.3, 0.4) is 0 Å².